The van der Waals surface area contributed by atoms with Crippen molar-refractivity contribution in [2.45, 2.75) is 20.4 Å². The molecule has 106 valence electrons. The van der Waals surface area contributed by atoms with Gasteiger partial charge in [-0.15, -0.1) is 11.6 Å². The van der Waals surface area contributed by atoms with Crippen LogP contribution in [0.2, 0.25) is 0 Å². The Hall–Kier alpha value is -0.580. The third kappa shape index (κ3) is 3.71. The van der Waals surface area contributed by atoms with Crippen molar-refractivity contribution in [2.24, 2.45) is 5.41 Å². The summed E-state index contributed by atoms with van der Waals surface area (Å²) in [5.74, 6) is 0.554. The highest BCUT2D eigenvalue weighted by Gasteiger charge is 2.32. The molecule has 1 amide bonds. The summed E-state index contributed by atoms with van der Waals surface area (Å²) < 4.78 is 0. The van der Waals surface area contributed by atoms with Crippen molar-refractivity contribution in [3.05, 3.63) is 22.4 Å². The Balaban J connectivity index is 1.84. The lowest BCUT2D eigenvalue weighted by Gasteiger charge is -2.38. The van der Waals surface area contributed by atoms with Gasteiger partial charge in [-0.05, 0) is 36.2 Å². The summed E-state index contributed by atoms with van der Waals surface area (Å²) >= 11 is 7.61. The molecule has 0 radical (unpaired) electrons. The number of carbonyl (C=O) groups excluding carboxylic acids is 1. The Labute approximate surface area is 124 Å². The zero-order valence-electron chi connectivity index (χ0n) is 11.6. The van der Waals surface area contributed by atoms with E-state index in [-0.39, 0.29) is 5.91 Å². The van der Waals surface area contributed by atoms with Gasteiger partial charge in [-0.2, -0.15) is 11.3 Å². The van der Waals surface area contributed by atoms with Crippen molar-refractivity contribution in [3.8, 4) is 0 Å². The average Bonchev–Trinajstić information content (AvgIpc) is 2.91. The largest absolute Gasteiger partial charge is 0.340 e. The van der Waals surface area contributed by atoms with Crippen molar-refractivity contribution < 1.29 is 4.79 Å². The van der Waals surface area contributed by atoms with E-state index in [1.165, 1.54) is 5.56 Å². The van der Waals surface area contributed by atoms with Gasteiger partial charge >= 0.3 is 0 Å². The second-order valence-corrected chi connectivity index (χ2v) is 6.76. The van der Waals surface area contributed by atoms with Crippen LogP contribution in [0.3, 0.4) is 0 Å². The van der Waals surface area contributed by atoms with Gasteiger partial charge in [0, 0.05) is 38.6 Å². The number of hydrogen-bond acceptors (Lipinski definition) is 3. The van der Waals surface area contributed by atoms with Crippen LogP contribution in [0.1, 0.15) is 19.4 Å². The Bertz CT molecular complexity index is 411. The molecule has 1 aromatic rings. The monoisotopic (exact) mass is 300 g/mol. The Morgan fingerprint density at radius 1 is 1.37 bits per heavy atom. The molecule has 1 aliphatic heterocycles. The van der Waals surface area contributed by atoms with Gasteiger partial charge in [-0.3, -0.25) is 9.69 Å². The molecule has 2 heterocycles. The van der Waals surface area contributed by atoms with Gasteiger partial charge in [0.2, 0.25) is 5.91 Å². The third-order valence-electron chi connectivity index (χ3n) is 3.56. The summed E-state index contributed by atoms with van der Waals surface area (Å²) in [6.45, 7) is 8.33. The van der Waals surface area contributed by atoms with Crippen LogP contribution in [0, 0.1) is 5.41 Å². The number of alkyl halides is 1. The van der Waals surface area contributed by atoms with Crippen molar-refractivity contribution in [2.75, 3.05) is 32.1 Å². The smallest absolute Gasteiger partial charge is 0.229 e. The molecule has 0 unspecified atom stereocenters. The van der Waals surface area contributed by atoms with Crippen LogP contribution in [0.5, 0.6) is 0 Å². The first-order chi connectivity index (χ1) is 9.03. The maximum atomic E-state index is 12.3. The minimum atomic E-state index is -0.447. The zero-order valence-corrected chi connectivity index (χ0v) is 13.1. The van der Waals surface area contributed by atoms with Crippen molar-refractivity contribution in [3.63, 3.8) is 0 Å². The van der Waals surface area contributed by atoms with Gasteiger partial charge in [-0.1, -0.05) is 0 Å². The van der Waals surface area contributed by atoms with Crippen LogP contribution in [0.4, 0.5) is 0 Å². The lowest BCUT2D eigenvalue weighted by atomic mass is 9.94. The standard InChI is InChI=1S/C14H21ClN2OS/c1-14(2,11-15)13(18)17-6-4-16(5-7-17)9-12-3-8-19-10-12/h3,8,10H,4-7,9,11H2,1-2H3. The summed E-state index contributed by atoms with van der Waals surface area (Å²) in [5, 5.41) is 4.30. The summed E-state index contributed by atoms with van der Waals surface area (Å²) in [4.78, 5) is 16.7. The fourth-order valence-electron chi connectivity index (χ4n) is 2.24. The van der Waals surface area contributed by atoms with Crippen molar-refractivity contribution in [1.29, 1.82) is 0 Å². The number of nitrogens with zero attached hydrogens (tertiary/aromatic N) is 2. The van der Waals surface area contributed by atoms with Crippen LogP contribution in [-0.4, -0.2) is 47.8 Å². The number of thiophene rings is 1. The summed E-state index contributed by atoms with van der Waals surface area (Å²) in [5.41, 5.74) is 0.919. The van der Waals surface area contributed by atoms with Crippen LogP contribution < -0.4 is 0 Å². The van der Waals surface area contributed by atoms with E-state index in [4.69, 9.17) is 11.6 Å². The molecule has 1 fully saturated rings. The lowest BCUT2D eigenvalue weighted by molar-refractivity contribution is -0.141. The first-order valence-corrected chi connectivity index (χ1v) is 8.09. The van der Waals surface area contributed by atoms with Crippen molar-refractivity contribution >= 4 is 28.8 Å². The van der Waals surface area contributed by atoms with Crippen LogP contribution in [0.15, 0.2) is 16.8 Å². The highest BCUT2D eigenvalue weighted by atomic mass is 35.5. The summed E-state index contributed by atoms with van der Waals surface area (Å²) in [6.07, 6.45) is 0. The average molecular weight is 301 g/mol. The SMILES string of the molecule is CC(C)(CCl)C(=O)N1CCN(Cc2ccsc2)CC1. The Morgan fingerprint density at radius 3 is 2.58 bits per heavy atom. The summed E-state index contributed by atoms with van der Waals surface area (Å²) in [6, 6.07) is 2.17. The lowest BCUT2D eigenvalue weighted by Crippen LogP contribution is -2.52. The van der Waals surface area contributed by atoms with Gasteiger partial charge in [0.15, 0.2) is 0 Å². The maximum Gasteiger partial charge on any atom is 0.229 e. The van der Waals surface area contributed by atoms with Gasteiger partial charge in [0.05, 0.1) is 5.41 Å². The molecule has 1 saturated heterocycles. The van der Waals surface area contributed by atoms with E-state index in [9.17, 15) is 4.79 Å². The zero-order chi connectivity index (χ0) is 13.9. The highest BCUT2D eigenvalue weighted by molar-refractivity contribution is 7.07. The van der Waals surface area contributed by atoms with Crippen molar-refractivity contribution in [1.82, 2.24) is 9.80 Å². The number of rotatable bonds is 4. The molecule has 19 heavy (non-hydrogen) atoms. The van der Waals surface area contributed by atoms with E-state index in [2.05, 4.69) is 21.7 Å². The quantitative estimate of drug-likeness (QED) is 0.798. The topological polar surface area (TPSA) is 23.6 Å². The predicted octanol–water partition coefficient (Wildman–Crippen LogP) is 2.66. The van der Waals surface area contributed by atoms with Gasteiger partial charge < -0.3 is 4.90 Å². The first kappa shape index (κ1) is 14.8. The molecule has 1 aromatic heterocycles. The molecule has 0 aromatic carbocycles. The van der Waals surface area contributed by atoms with Gasteiger partial charge in [-0.25, -0.2) is 0 Å². The fraction of sp³-hybridized carbons (Fsp3) is 0.643. The van der Waals surface area contributed by atoms with E-state index in [1.54, 1.807) is 11.3 Å². The molecule has 0 spiro atoms. The van der Waals surface area contributed by atoms with E-state index in [1.807, 2.05) is 18.7 Å². The number of carbonyl (C=O) groups is 1. The van der Waals surface area contributed by atoms with Crippen LogP contribution in [0.25, 0.3) is 0 Å². The molecule has 3 nitrogen and oxygen atoms in total. The number of hydrogen-bond donors (Lipinski definition) is 0. The maximum absolute atomic E-state index is 12.3. The minimum absolute atomic E-state index is 0.178. The summed E-state index contributed by atoms with van der Waals surface area (Å²) in [7, 11) is 0. The fourth-order valence-corrected chi connectivity index (χ4v) is 3.01. The third-order valence-corrected chi connectivity index (χ3v) is 4.96. The first-order valence-electron chi connectivity index (χ1n) is 6.62. The molecule has 0 aliphatic carbocycles. The second kappa shape index (κ2) is 6.25. The number of amides is 1. The Morgan fingerprint density at radius 2 is 2.05 bits per heavy atom. The highest BCUT2D eigenvalue weighted by Crippen LogP contribution is 2.22. The molecular formula is C14H21ClN2OS. The molecule has 0 N–H and O–H groups in total. The predicted molar refractivity (Wildman–Crippen MR) is 80.7 cm³/mol. The molecule has 2 rings (SSSR count). The van der Waals surface area contributed by atoms with Crippen LogP contribution in [-0.2, 0) is 11.3 Å². The molecular weight excluding hydrogens is 280 g/mol. The van der Waals surface area contributed by atoms with Gasteiger partial charge in [0.1, 0.15) is 0 Å². The Kier molecular flexibility index (Phi) is 4.87. The van der Waals surface area contributed by atoms with E-state index >= 15 is 0 Å². The van der Waals surface area contributed by atoms with Gasteiger partial charge in [0.25, 0.3) is 0 Å². The molecule has 1 aliphatic rings. The van der Waals surface area contributed by atoms with Crippen LogP contribution >= 0.6 is 22.9 Å². The van der Waals surface area contributed by atoms with E-state index in [0.29, 0.717) is 5.88 Å². The second-order valence-electron chi connectivity index (χ2n) is 5.72. The molecule has 0 atom stereocenters. The van der Waals surface area contributed by atoms with E-state index in [0.717, 1.165) is 32.7 Å². The molecule has 0 saturated carbocycles. The molecule has 0 bridgehead atoms. The van der Waals surface area contributed by atoms with E-state index < -0.39 is 5.41 Å². The minimum Gasteiger partial charge on any atom is -0.340 e. The number of halogens is 1. The normalized spacial score (nSPS) is 17.7. The number of piperazine rings is 1. The molecule has 5 heteroatoms.